The van der Waals surface area contributed by atoms with Gasteiger partial charge in [0.1, 0.15) is 11.3 Å². The lowest BCUT2D eigenvalue weighted by Crippen LogP contribution is -2.51. The van der Waals surface area contributed by atoms with Crippen LogP contribution in [-0.4, -0.2) is 23.8 Å². The molecule has 2 rings (SSSR count). The van der Waals surface area contributed by atoms with Gasteiger partial charge in [0.15, 0.2) is 0 Å². The van der Waals surface area contributed by atoms with Crippen LogP contribution in [0, 0.1) is 0 Å². The van der Waals surface area contributed by atoms with Crippen LogP contribution in [0.3, 0.4) is 0 Å². The van der Waals surface area contributed by atoms with E-state index in [9.17, 15) is 13.6 Å². The Morgan fingerprint density at radius 1 is 1.37 bits per heavy atom. The number of hydrogen-bond acceptors (Lipinski definition) is 4. The third-order valence-corrected chi connectivity index (χ3v) is 2.94. The zero-order valence-corrected chi connectivity index (χ0v) is 10.4. The van der Waals surface area contributed by atoms with Gasteiger partial charge >= 0.3 is 6.61 Å². The van der Waals surface area contributed by atoms with Crippen molar-refractivity contribution >= 4 is 17.3 Å². The third kappa shape index (κ3) is 2.41. The maximum atomic E-state index is 12.0. The van der Waals surface area contributed by atoms with Crippen LogP contribution in [0.25, 0.3) is 0 Å². The van der Waals surface area contributed by atoms with E-state index in [1.54, 1.807) is 13.8 Å². The molecule has 1 aliphatic heterocycles. The van der Waals surface area contributed by atoms with Crippen molar-refractivity contribution in [2.45, 2.75) is 26.0 Å². The Morgan fingerprint density at radius 2 is 1.95 bits per heavy atom. The van der Waals surface area contributed by atoms with Crippen LogP contribution in [0.2, 0.25) is 0 Å². The molecule has 0 spiro atoms. The molecular weight excluding hydrogens is 256 g/mol. The molecule has 0 bridgehead atoms. The van der Waals surface area contributed by atoms with E-state index in [1.807, 2.05) is 0 Å². The Labute approximate surface area is 108 Å². The number of halogens is 2. The predicted octanol–water partition coefficient (Wildman–Crippen LogP) is 1.73. The summed E-state index contributed by atoms with van der Waals surface area (Å²) >= 11 is 0. The molecule has 2 N–H and O–H groups in total. The fourth-order valence-corrected chi connectivity index (χ4v) is 1.62. The molecule has 1 aliphatic rings. The van der Waals surface area contributed by atoms with Gasteiger partial charge in [0.25, 0.3) is 5.91 Å². The van der Waals surface area contributed by atoms with Gasteiger partial charge < -0.3 is 10.5 Å². The van der Waals surface area contributed by atoms with Crippen LogP contribution in [0.15, 0.2) is 29.4 Å². The van der Waals surface area contributed by atoms with Crippen LogP contribution in [0.4, 0.5) is 14.5 Å². The zero-order chi connectivity index (χ0) is 14.2. The van der Waals surface area contributed by atoms with Crippen LogP contribution in [0.1, 0.15) is 13.8 Å². The minimum absolute atomic E-state index is 0.0154. The number of nitrogens with zero attached hydrogens (tertiary/aromatic N) is 2. The fourth-order valence-electron chi connectivity index (χ4n) is 1.62. The molecule has 0 aromatic heterocycles. The molecule has 102 valence electrons. The second-order valence-corrected chi connectivity index (χ2v) is 4.38. The van der Waals surface area contributed by atoms with Gasteiger partial charge in [-0.2, -0.15) is 18.9 Å². The van der Waals surface area contributed by atoms with Crippen molar-refractivity contribution in [2.24, 2.45) is 10.8 Å². The van der Waals surface area contributed by atoms with Gasteiger partial charge in [0.2, 0.25) is 0 Å². The summed E-state index contributed by atoms with van der Waals surface area (Å²) in [6.07, 6.45) is 0. The molecule has 1 aromatic carbocycles. The maximum absolute atomic E-state index is 12.0. The van der Waals surface area contributed by atoms with E-state index in [0.717, 1.165) is 5.01 Å². The number of alkyl halides is 2. The third-order valence-electron chi connectivity index (χ3n) is 2.94. The van der Waals surface area contributed by atoms with Gasteiger partial charge in [-0.1, -0.05) is 0 Å². The highest BCUT2D eigenvalue weighted by Crippen LogP contribution is 2.27. The van der Waals surface area contributed by atoms with Gasteiger partial charge in [-0.3, -0.25) is 4.79 Å². The smallest absolute Gasteiger partial charge is 0.387 e. The van der Waals surface area contributed by atoms with Gasteiger partial charge in [0, 0.05) is 0 Å². The van der Waals surface area contributed by atoms with Crippen molar-refractivity contribution in [3.8, 4) is 5.75 Å². The highest BCUT2D eigenvalue weighted by molar-refractivity contribution is 6.21. The maximum Gasteiger partial charge on any atom is 0.387 e. The summed E-state index contributed by atoms with van der Waals surface area (Å²) in [5.41, 5.74) is 5.64. The Hall–Kier alpha value is -2.02. The number of carbonyl (C=O) groups is 1. The van der Waals surface area contributed by atoms with Crippen molar-refractivity contribution < 1.29 is 18.3 Å². The molecule has 0 radical (unpaired) electrons. The summed E-state index contributed by atoms with van der Waals surface area (Å²) < 4.78 is 28.2. The summed E-state index contributed by atoms with van der Waals surface area (Å²) in [6.45, 7) is 0.348. The van der Waals surface area contributed by atoms with Crippen molar-refractivity contribution in [2.75, 3.05) is 5.01 Å². The molecule has 0 saturated carbocycles. The van der Waals surface area contributed by atoms with Crippen LogP contribution >= 0.6 is 0 Å². The number of nitrogens with two attached hydrogens (primary N) is 1. The lowest BCUT2D eigenvalue weighted by molar-refractivity contribution is -0.120. The Kier molecular flexibility index (Phi) is 3.23. The summed E-state index contributed by atoms with van der Waals surface area (Å²) in [4.78, 5) is 12.0. The molecule has 5 nitrogen and oxygen atoms in total. The van der Waals surface area contributed by atoms with Crippen LogP contribution in [-0.2, 0) is 4.79 Å². The van der Waals surface area contributed by atoms with E-state index in [-0.39, 0.29) is 11.7 Å². The van der Waals surface area contributed by atoms with Gasteiger partial charge in [0.05, 0.1) is 11.4 Å². The molecular formula is C12H13F2N3O2. The first kappa shape index (κ1) is 13.4. The summed E-state index contributed by atoms with van der Waals surface area (Å²) in [5.74, 6) is -0.353. The number of anilines is 1. The number of carbonyl (C=O) groups excluding carboxylic acids is 1. The Bertz CT molecular complexity index is 526. The van der Waals surface area contributed by atoms with Crippen molar-refractivity contribution in [3.63, 3.8) is 0 Å². The second-order valence-electron chi connectivity index (χ2n) is 4.38. The van der Waals surface area contributed by atoms with Crippen LogP contribution < -0.4 is 15.5 Å². The molecule has 1 unspecified atom stereocenters. The lowest BCUT2D eigenvalue weighted by Gasteiger charge is -2.18. The van der Waals surface area contributed by atoms with E-state index in [1.165, 1.54) is 24.3 Å². The van der Waals surface area contributed by atoms with Crippen molar-refractivity contribution in [3.05, 3.63) is 24.3 Å². The Balaban J connectivity index is 2.23. The molecule has 1 amide bonds. The number of amides is 1. The van der Waals surface area contributed by atoms with Gasteiger partial charge in [-0.15, -0.1) is 0 Å². The van der Waals surface area contributed by atoms with E-state index in [2.05, 4.69) is 9.84 Å². The summed E-state index contributed by atoms with van der Waals surface area (Å²) in [5, 5.41) is 5.22. The quantitative estimate of drug-likeness (QED) is 0.908. The molecule has 0 aliphatic carbocycles. The topological polar surface area (TPSA) is 67.9 Å². The molecule has 19 heavy (non-hydrogen) atoms. The second kappa shape index (κ2) is 4.58. The molecule has 0 saturated heterocycles. The minimum Gasteiger partial charge on any atom is -0.435 e. The van der Waals surface area contributed by atoms with Crippen molar-refractivity contribution in [1.82, 2.24) is 0 Å². The molecule has 1 heterocycles. The highest BCUT2D eigenvalue weighted by atomic mass is 19.3. The number of ether oxygens (including phenoxy) is 1. The highest BCUT2D eigenvalue weighted by Gasteiger charge is 2.42. The largest absolute Gasteiger partial charge is 0.435 e. The number of benzene rings is 1. The first-order valence-corrected chi connectivity index (χ1v) is 5.56. The lowest BCUT2D eigenvalue weighted by atomic mass is 9.98. The molecule has 1 aromatic rings. The average Bonchev–Trinajstić information content (AvgIpc) is 2.53. The summed E-state index contributed by atoms with van der Waals surface area (Å²) in [7, 11) is 0. The standard InChI is InChI=1S/C12H13F2N3O2/c1-7-12(2,15)10(18)17(16-7)8-3-5-9(6-4-8)19-11(13)14/h3-6,11H,15H2,1-2H3. The first-order chi connectivity index (χ1) is 8.82. The van der Waals surface area contributed by atoms with Gasteiger partial charge in [-0.25, -0.2) is 0 Å². The molecule has 1 atom stereocenters. The van der Waals surface area contributed by atoms with E-state index >= 15 is 0 Å². The monoisotopic (exact) mass is 269 g/mol. The number of rotatable bonds is 3. The van der Waals surface area contributed by atoms with E-state index < -0.39 is 12.2 Å². The van der Waals surface area contributed by atoms with E-state index in [4.69, 9.17) is 5.73 Å². The summed E-state index contributed by atoms with van der Waals surface area (Å²) in [6, 6.07) is 5.61. The van der Waals surface area contributed by atoms with Gasteiger partial charge in [-0.05, 0) is 38.1 Å². The SMILES string of the molecule is CC1=NN(c2ccc(OC(F)F)cc2)C(=O)C1(C)N. The first-order valence-electron chi connectivity index (χ1n) is 5.56. The number of hydrazone groups is 1. The normalized spacial score (nSPS) is 22.9. The average molecular weight is 269 g/mol. The number of hydrogen-bond donors (Lipinski definition) is 1. The van der Waals surface area contributed by atoms with Crippen molar-refractivity contribution in [1.29, 1.82) is 0 Å². The molecule has 7 heteroatoms. The Morgan fingerprint density at radius 3 is 2.37 bits per heavy atom. The van der Waals surface area contributed by atoms with E-state index in [0.29, 0.717) is 11.4 Å². The van der Waals surface area contributed by atoms with Crippen LogP contribution in [0.5, 0.6) is 5.75 Å². The zero-order valence-electron chi connectivity index (χ0n) is 10.4. The minimum atomic E-state index is -2.88. The fraction of sp³-hybridized carbons (Fsp3) is 0.333. The molecule has 0 fully saturated rings. The predicted molar refractivity (Wildman–Crippen MR) is 66.3 cm³/mol.